The molecule has 0 radical (unpaired) electrons. The van der Waals surface area contributed by atoms with Crippen LogP contribution in [0.25, 0.3) is 0 Å². The molecular formula is C21H37IN4OS. The average molecular weight is 521 g/mol. The maximum absolute atomic E-state index is 5.52. The van der Waals surface area contributed by atoms with Gasteiger partial charge in [-0.25, -0.2) is 0 Å². The van der Waals surface area contributed by atoms with Crippen LogP contribution in [-0.2, 0) is 11.2 Å². The lowest BCUT2D eigenvalue weighted by Crippen LogP contribution is -2.49. The first-order chi connectivity index (χ1) is 13.2. The summed E-state index contributed by atoms with van der Waals surface area (Å²) < 4.78 is 5.52. The van der Waals surface area contributed by atoms with E-state index in [-0.39, 0.29) is 24.0 Å². The molecule has 3 heterocycles. The van der Waals surface area contributed by atoms with Gasteiger partial charge in [0.15, 0.2) is 5.96 Å². The minimum Gasteiger partial charge on any atom is -0.381 e. The van der Waals surface area contributed by atoms with E-state index in [1.807, 2.05) is 11.3 Å². The molecule has 0 aliphatic carbocycles. The van der Waals surface area contributed by atoms with Crippen molar-refractivity contribution in [2.24, 2.45) is 16.8 Å². The monoisotopic (exact) mass is 520 g/mol. The first-order valence-electron chi connectivity index (χ1n) is 10.6. The summed E-state index contributed by atoms with van der Waals surface area (Å²) in [6.45, 7) is 11.7. The molecule has 2 N–H and O–H groups in total. The second kappa shape index (κ2) is 13.0. The van der Waals surface area contributed by atoms with Crippen molar-refractivity contribution in [1.29, 1.82) is 0 Å². The highest BCUT2D eigenvalue weighted by Gasteiger charge is 2.24. The van der Waals surface area contributed by atoms with Crippen molar-refractivity contribution in [2.75, 3.05) is 45.9 Å². The van der Waals surface area contributed by atoms with Crippen molar-refractivity contribution in [1.82, 2.24) is 15.5 Å². The topological polar surface area (TPSA) is 48.9 Å². The first kappa shape index (κ1) is 23.9. The zero-order valence-corrected chi connectivity index (χ0v) is 20.5. The van der Waals surface area contributed by atoms with Crippen molar-refractivity contribution >= 4 is 41.3 Å². The van der Waals surface area contributed by atoms with E-state index in [2.05, 4.69) is 46.9 Å². The van der Waals surface area contributed by atoms with Gasteiger partial charge in [0, 0.05) is 50.2 Å². The molecule has 160 valence electrons. The van der Waals surface area contributed by atoms with Crippen LogP contribution in [0, 0.1) is 11.8 Å². The van der Waals surface area contributed by atoms with E-state index in [1.165, 1.54) is 43.8 Å². The lowest BCUT2D eigenvalue weighted by atomic mass is 10.0. The molecule has 2 atom stereocenters. The van der Waals surface area contributed by atoms with Gasteiger partial charge in [-0.3, -0.25) is 4.99 Å². The number of rotatable bonds is 8. The van der Waals surface area contributed by atoms with Crippen LogP contribution in [-0.4, -0.2) is 62.8 Å². The quantitative estimate of drug-likeness (QED) is 0.313. The number of aliphatic imine (C=N–C) groups is 1. The summed E-state index contributed by atoms with van der Waals surface area (Å²) in [5.74, 6) is 2.30. The van der Waals surface area contributed by atoms with Gasteiger partial charge in [0.05, 0.1) is 6.61 Å². The number of thiophene rings is 1. The Hall–Kier alpha value is -0.380. The Kier molecular flexibility index (Phi) is 11.1. The second-order valence-electron chi connectivity index (χ2n) is 8.06. The van der Waals surface area contributed by atoms with E-state index < -0.39 is 0 Å². The van der Waals surface area contributed by atoms with Crippen molar-refractivity contribution in [3.05, 3.63) is 22.4 Å². The molecule has 0 amide bonds. The molecule has 5 nitrogen and oxygen atoms in total. The van der Waals surface area contributed by atoms with Gasteiger partial charge in [-0.05, 0) is 55.9 Å². The first-order valence-corrected chi connectivity index (χ1v) is 11.5. The fourth-order valence-corrected chi connectivity index (χ4v) is 4.82. The molecule has 2 aliphatic rings. The Bertz CT molecular complexity index is 555. The van der Waals surface area contributed by atoms with Crippen LogP contribution < -0.4 is 10.6 Å². The molecule has 0 spiro atoms. The molecule has 1 aromatic heterocycles. The standard InChI is InChI=1S/C21H36N4OS.HI/c1-3-22-21(23-14-17(2)13-20-5-4-12-27-20)24-19-6-9-25(10-7-19)15-18-8-11-26-16-18;/h4-5,12,17-19H,3,6-11,13-16H2,1-2H3,(H2,22,23,24);1H. The molecule has 0 bridgehead atoms. The summed E-state index contributed by atoms with van der Waals surface area (Å²) in [6, 6.07) is 4.89. The van der Waals surface area contributed by atoms with Crippen molar-refractivity contribution in [2.45, 2.75) is 45.6 Å². The van der Waals surface area contributed by atoms with Gasteiger partial charge in [-0.2, -0.15) is 0 Å². The van der Waals surface area contributed by atoms with Crippen LogP contribution in [0.5, 0.6) is 0 Å². The second-order valence-corrected chi connectivity index (χ2v) is 9.09. The Morgan fingerprint density at radius 2 is 2.18 bits per heavy atom. The third-order valence-electron chi connectivity index (χ3n) is 5.50. The number of nitrogens with zero attached hydrogens (tertiary/aromatic N) is 2. The van der Waals surface area contributed by atoms with Gasteiger partial charge in [0.25, 0.3) is 0 Å². The highest BCUT2D eigenvalue weighted by Crippen LogP contribution is 2.18. The molecule has 28 heavy (non-hydrogen) atoms. The predicted molar refractivity (Wildman–Crippen MR) is 130 cm³/mol. The van der Waals surface area contributed by atoms with Gasteiger partial charge >= 0.3 is 0 Å². The van der Waals surface area contributed by atoms with E-state index in [0.29, 0.717) is 12.0 Å². The van der Waals surface area contributed by atoms with Crippen molar-refractivity contribution < 1.29 is 4.74 Å². The van der Waals surface area contributed by atoms with Crippen LogP contribution in [0.1, 0.15) is 38.0 Å². The molecule has 2 fully saturated rings. The van der Waals surface area contributed by atoms with Crippen LogP contribution in [0.2, 0.25) is 0 Å². The Morgan fingerprint density at radius 3 is 2.82 bits per heavy atom. The lowest BCUT2D eigenvalue weighted by Gasteiger charge is -2.34. The highest BCUT2D eigenvalue weighted by atomic mass is 127. The summed E-state index contributed by atoms with van der Waals surface area (Å²) in [5.41, 5.74) is 0. The SMILES string of the molecule is CCNC(=NCC(C)Cc1cccs1)NC1CCN(CC2CCOC2)CC1.I. The largest absolute Gasteiger partial charge is 0.381 e. The van der Waals surface area contributed by atoms with E-state index >= 15 is 0 Å². The lowest BCUT2D eigenvalue weighted by molar-refractivity contribution is 0.150. The number of nitrogens with one attached hydrogen (secondary N) is 2. The Balaban J connectivity index is 0.00000280. The van der Waals surface area contributed by atoms with E-state index in [0.717, 1.165) is 44.6 Å². The number of hydrogen-bond acceptors (Lipinski definition) is 4. The molecular weight excluding hydrogens is 483 g/mol. The van der Waals surface area contributed by atoms with Gasteiger partial charge in [0.1, 0.15) is 0 Å². The maximum atomic E-state index is 5.52. The fourth-order valence-electron chi connectivity index (χ4n) is 3.95. The molecule has 0 saturated carbocycles. The number of likely N-dealkylation sites (tertiary alicyclic amines) is 1. The van der Waals surface area contributed by atoms with E-state index in [1.54, 1.807) is 0 Å². The van der Waals surface area contributed by atoms with E-state index in [4.69, 9.17) is 9.73 Å². The summed E-state index contributed by atoms with van der Waals surface area (Å²) in [4.78, 5) is 8.93. The molecule has 1 aromatic rings. The number of piperidine rings is 1. The van der Waals surface area contributed by atoms with Gasteiger partial charge in [-0.15, -0.1) is 35.3 Å². The highest BCUT2D eigenvalue weighted by molar-refractivity contribution is 14.0. The normalized spacial score (nSPS) is 22.6. The zero-order chi connectivity index (χ0) is 18.9. The molecule has 2 saturated heterocycles. The number of hydrogen-bond donors (Lipinski definition) is 2. The molecule has 2 aliphatic heterocycles. The molecule has 3 rings (SSSR count). The fraction of sp³-hybridized carbons (Fsp3) is 0.762. The van der Waals surface area contributed by atoms with Crippen LogP contribution in [0.3, 0.4) is 0 Å². The Labute approximate surface area is 191 Å². The minimum atomic E-state index is 0. The zero-order valence-electron chi connectivity index (χ0n) is 17.4. The van der Waals surface area contributed by atoms with Gasteiger partial charge in [0.2, 0.25) is 0 Å². The van der Waals surface area contributed by atoms with Crippen LogP contribution in [0.4, 0.5) is 0 Å². The third kappa shape index (κ3) is 8.16. The summed E-state index contributed by atoms with van der Waals surface area (Å²) >= 11 is 1.84. The number of halogens is 1. The minimum absolute atomic E-state index is 0. The molecule has 0 aromatic carbocycles. The average Bonchev–Trinajstić information content (AvgIpc) is 3.36. The van der Waals surface area contributed by atoms with Crippen molar-refractivity contribution in [3.8, 4) is 0 Å². The molecule has 2 unspecified atom stereocenters. The van der Waals surface area contributed by atoms with Crippen molar-refractivity contribution in [3.63, 3.8) is 0 Å². The third-order valence-corrected chi connectivity index (χ3v) is 6.40. The van der Waals surface area contributed by atoms with Crippen LogP contribution in [0.15, 0.2) is 22.5 Å². The number of ether oxygens (including phenoxy) is 1. The maximum Gasteiger partial charge on any atom is 0.191 e. The molecule has 7 heteroatoms. The Morgan fingerprint density at radius 1 is 1.36 bits per heavy atom. The number of guanidine groups is 1. The summed E-state index contributed by atoms with van der Waals surface area (Å²) in [6.07, 6.45) is 4.74. The smallest absolute Gasteiger partial charge is 0.191 e. The van der Waals surface area contributed by atoms with E-state index in [9.17, 15) is 0 Å². The van der Waals surface area contributed by atoms with Gasteiger partial charge < -0.3 is 20.3 Å². The summed E-state index contributed by atoms with van der Waals surface area (Å²) in [5, 5.41) is 9.26. The van der Waals surface area contributed by atoms with Crippen LogP contribution >= 0.6 is 35.3 Å². The predicted octanol–water partition coefficient (Wildman–Crippen LogP) is 3.60. The summed E-state index contributed by atoms with van der Waals surface area (Å²) in [7, 11) is 0. The van der Waals surface area contributed by atoms with Gasteiger partial charge in [-0.1, -0.05) is 13.0 Å².